The number of benzene rings is 1. The van der Waals surface area contributed by atoms with E-state index < -0.39 is 0 Å². The lowest BCUT2D eigenvalue weighted by atomic mass is 10.2. The molecule has 3 rings (SSSR count). The molecule has 0 radical (unpaired) electrons. The highest BCUT2D eigenvalue weighted by molar-refractivity contribution is 6.31. The summed E-state index contributed by atoms with van der Waals surface area (Å²) in [4.78, 5) is 6.85. The van der Waals surface area contributed by atoms with E-state index in [1.54, 1.807) is 0 Å². The normalized spacial score (nSPS) is 15.0. The van der Waals surface area contributed by atoms with E-state index in [0.717, 1.165) is 30.4 Å². The van der Waals surface area contributed by atoms with Crippen LogP contribution in [-0.2, 0) is 13.1 Å². The lowest BCUT2D eigenvalue weighted by molar-refractivity contribution is 0.218. The molecule has 21 heavy (non-hydrogen) atoms. The molecule has 110 valence electrons. The fraction of sp³-hybridized carbons (Fsp3) is 0.312. The van der Waals surface area contributed by atoms with Crippen LogP contribution < -0.4 is 10.1 Å². The molecule has 0 atom stereocenters. The fourth-order valence-corrected chi connectivity index (χ4v) is 2.63. The highest BCUT2D eigenvalue weighted by atomic mass is 35.5. The van der Waals surface area contributed by atoms with E-state index in [2.05, 4.69) is 21.3 Å². The van der Waals surface area contributed by atoms with Crippen molar-refractivity contribution in [3.05, 3.63) is 52.7 Å². The topological polar surface area (TPSA) is 37.4 Å². The van der Waals surface area contributed by atoms with E-state index in [1.165, 1.54) is 5.56 Å². The summed E-state index contributed by atoms with van der Waals surface area (Å²) in [5.74, 6) is 1.81. The van der Waals surface area contributed by atoms with Crippen molar-refractivity contribution in [1.29, 1.82) is 0 Å². The van der Waals surface area contributed by atoms with Crippen LogP contribution in [0.15, 0.2) is 36.4 Å². The summed E-state index contributed by atoms with van der Waals surface area (Å²) >= 11 is 6.27. The highest BCUT2D eigenvalue weighted by Gasteiger charge is 2.16. The number of fused-ring (bicyclic) bond motifs is 1. The molecule has 4 nitrogen and oxygen atoms in total. The van der Waals surface area contributed by atoms with Crippen molar-refractivity contribution >= 4 is 17.4 Å². The summed E-state index contributed by atoms with van der Waals surface area (Å²) < 4.78 is 5.78. The van der Waals surface area contributed by atoms with Crippen LogP contribution in [-0.4, -0.2) is 30.1 Å². The van der Waals surface area contributed by atoms with Gasteiger partial charge in [0.25, 0.3) is 0 Å². The Morgan fingerprint density at radius 2 is 2.14 bits per heavy atom. The van der Waals surface area contributed by atoms with Crippen LogP contribution in [0.25, 0.3) is 0 Å². The van der Waals surface area contributed by atoms with E-state index in [0.29, 0.717) is 18.2 Å². The van der Waals surface area contributed by atoms with Gasteiger partial charge in [-0.3, -0.25) is 4.90 Å². The van der Waals surface area contributed by atoms with Gasteiger partial charge in [0, 0.05) is 32.2 Å². The number of ether oxygens (including phenoxy) is 1. The minimum absolute atomic E-state index is 0.681. The molecule has 0 unspecified atom stereocenters. The van der Waals surface area contributed by atoms with E-state index >= 15 is 0 Å². The van der Waals surface area contributed by atoms with Crippen LogP contribution in [0.2, 0.25) is 5.02 Å². The zero-order chi connectivity index (χ0) is 14.7. The van der Waals surface area contributed by atoms with Crippen LogP contribution in [0.3, 0.4) is 0 Å². The van der Waals surface area contributed by atoms with Gasteiger partial charge in [-0.15, -0.1) is 0 Å². The van der Waals surface area contributed by atoms with Crippen molar-refractivity contribution in [2.24, 2.45) is 0 Å². The minimum Gasteiger partial charge on any atom is -0.492 e. The number of halogens is 1. The quantitative estimate of drug-likeness (QED) is 0.945. The van der Waals surface area contributed by atoms with Gasteiger partial charge < -0.3 is 10.1 Å². The van der Waals surface area contributed by atoms with E-state index in [-0.39, 0.29) is 0 Å². The third-order valence-corrected chi connectivity index (χ3v) is 3.92. The molecule has 1 aromatic carbocycles. The number of nitrogens with one attached hydrogen (secondary N) is 1. The number of anilines is 1. The van der Waals surface area contributed by atoms with Gasteiger partial charge in [-0.1, -0.05) is 29.8 Å². The number of pyridine rings is 1. The summed E-state index contributed by atoms with van der Waals surface area (Å²) in [6.45, 7) is 3.10. The Labute approximate surface area is 129 Å². The predicted octanol–water partition coefficient (Wildman–Crippen LogP) is 3.17. The second-order valence-corrected chi connectivity index (χ2v) is 5.45. The molecular formula is C16H18ClN3O. The first kappa shape index (κ1) is 14.2. The van der Waals surface area contributed by atoms with Gasteiger partial charge in [-0.05, 0) is 18.2 Å². The van der Waals surface area contributed by atoms with Crippen molar-refractivity contribution in [2.45, 2.75) is 13.1 Å². The van der Waals surface area contributed by atoms with E-state index in [1.807, 2.05) is 37.4 Å². The van der Waals surface area contributed by atoms with E-state index in [9.17, 15) is 0 Å². The molecule has 1 N–H and O–H groups in total. The minimum atomic E-state index is 0.681. The number of nitrogens with zero attached hydrogens (tertiary/aromatic N) is 2. The summed E-state index contributed by atoms with van der Waals surface area (Å²) in [5, 5.41) is 3.75. The largest absolute Gasteiger partial charge is 0.492 e. The summed E-state index contributed by atoms with van der Waals surface area (Å²) in [6, 6.07) is 11.9. The van der Waals surface area contributed by atoms with Crippen molar-refractivity contribution in [2.75, 3.05) is 25.5 Å². The second kappa shape index (κ2) is 6.33. The fourth-order valence-electron chi connectivity index (χ4n) is 2.46. The molecule has 0 amide bonds. The molecule has 2 aromatic rings. The van der Waals surface area contributed by atoms with Gasteiger partial charge >= 0.3 is 0 Å². The van der Waals surface area contributed by atoms with Gasteiger partial charge in [0.2, 0.25) is 0 Å². The Morgan fingerprint density at radius 1 is 1.29 bits per heavy atom. The first-order chi connectivity index (χ1) is 10.3. The smallest absolute Gasteiger partial charge is 0.126 e. The average molecular weight is 304 g/mol. The van der Waals surface area contributed by atoms with Gasteiger partial charge in [-0.2, -0.15) is 0 Å². The molecular weight excluding hydrogens is 286 g/mol. The lowest BCUT2D eigenvalue weighted by Crippen LogP contribution is -2.26. The van der Waals surface area contributed by atoms with Gasteiger partial charge in [0.05, 0.1) is 10.7 Å². The molecule has 0 aliphatic carbocycles. The first-order valence-corrected chi connectivity index (χ1v) is 7.40. The van der Waals surface area contributed by atoms with Crippen molar-refractivity contribution in [1.82, 2.24) is 9.88 Å². The molecule has 0 spiro atoms. The standard InChI is InChI=1S/C16H18ClN3O/c1-18-16-7-6-13(17)14(19-16)11-20-8-9-21-15-5-3-2-4-12(15)10-20/h2-7H,8-11H2,1H3,(H,18,19). The third-order valence-electron chi connectivity index (χ3n) is 3.58. The SMILES string of the molecule is CNc1ccc(Cl)c(CN2CCOc3ccccc3C2)n1. The summed E-state index contributed by atoms with van der Waals surface area (Å²) in [7, 11) is 1.86. The van der Waals surface area contributed by atoms with E-state index in [4.69, 9.17) is 16.3 Å². The number of hydrogen-bond acceptors (Lipinski definition) is 4. The molecule has 5 heteroatoms. The highest BCUT2D eigenvalue weighted by Crippen LogP contribution is 2.25. The maximum atomic E-state index is 6.27. The Bertz CT molecular complexity index is 633. The zero-order valence-electron chi connectivity index (χ0n) is 12.0. The van der Waals surface area contributed by atoms with Gasteiger partial charge in [0.15, 0.2) is 0 Å². The molecule has 0 bridgehead atoms. The van der Waals surface area contributed by atoms with Crippen molar-refractivity contribution in [3.63, 3.8) is 0 Å². The Hall–Kier alpha value is -1.78. The molecule has 2 heterocycles. The Balaban J connectivity index is 1.79. The Morgan fingerprint density at radius 3 is 3.00 bits per heavy atom. The van der Waals surface area contributed by atoms with Crippen LogP contribution in [0.5, 0.6) is 5.75 Å². The molecule has 0 fully saturated rings. The van der Waals surface area contributed by atoms with Crippen LogP contribution in [0.1, 0.15) is 11.3 Å². The van der Waals surface area contributed by atoms with Gasteiger partial charge in [-0.25, -0.2) is 4.98 Å². The maximum Gasteiger partial charge on any atom is 0.126 e. The van der Waals surface area contributed by atoms with Crippen molar-refractivity contribution in [3.8, 4) is 5.75 Å². The number of hydrogen-bond donors (Lipinski definition) is 1. The third kappa shape index (κ3) is 3.28. The van der Waals surface area contributed by atoms with Crippen LogP contribution in [0.4, 0.5) is 5.82 Å². The summed E-state index contributed by atoms with van der Waals surface area (Å²) in [5.41, 5.74) is 2.10. The number of aromatic nitrogens is 1. The number of rotatable bonds is 3. The second-order valence-electron chi connectivity index (χ2n) is 5.04. The molecule has 0 saturated carbocycles. The molecule has 1 aliphatic heterocycles. The molecule has 0 saturated heterocycles. The lowest BCUT2D eigenvalue weighted by Gasteiger charge is -2.19. The number of para-hydroxylation sites is 1. The maximum absolute atomic E-state index is 6.27. The predicted molar refractivity (Wildman–Crippen MR) is 84.8 cm³/mol. The zero-order valence-corrected chi connectivity index (χ0v) is 12.7. The molecule has 1 aliphatic rings. The Kier molecular flexibility index (Phi) is 4.27. The van der Waals surface area contributed by atoms with Crippen molar-refractivity contribution < 1.29 is 4.74 Å². The first-order valence-electron chi connectivity index (χ1n) is 7.02. The molecule has 1 aromatic heterocycles. The average Bonchev–Trinajstić information content (AvgIpc) is 2.71. The van der Waals surface area contributed by atoms with Crippen LogP contribution in [0, 0.1) is 0 Å². The summed E-state index contributed by atoms with van der Waals surface area (Å²) in [6.07, 6.45) is 0. The van der Waals surface area contributed by atoms with Gasteiger partial charge in [0.1, 0.15) is 18.2 Å². The monoisotopic (exact) mass is 303 g/mol. The van der Waals surface area contributed by atoms with Crippen LogP contribution >= 0.6 is 11.6 Å².